The first-order valence-electron chi connectivity index (χ1n) is 12.0. The molecule has 0 N–H and O–H groups in total. The van der Waals surface area contributed by atoms with Crippen molar-refractivity contribution in [2.24, 2.45) is 7.05 Å². The number of benzene rings is 2. The van der Waals surface area contributed by atoms with Crippen molar-refractivity contribution in [3.05, 3.63) is 94.0 Å². The Labute approximate surface area is 223 Å². The first-order chi connectivity index (χ1) is 18.3. The molecule has 1 atom stereocenters. The van der Waals surface area contributed by atoms with Crippen molar-refractivity contribution >= 4 is 35.2 Å². The predicted octanol–water partition coefficient (Wildman–Crippen LogP) is 3.20. The number of nitrogens with zero attached hydrogens (tertiary/aromatic N) is 7. The Kier molecular flexibility index (Phi) is 6.97. The quantitative estimate of drug-likeness (QED) is 0.266. The highest BCUT2D eigenvalue weighted by Gasteiger charge is 2.36. The van der Waals surface area contributed by atoms with Crippen LogP contribution >= 0.6 is 11.6 Å². The number of ketones is 2. The molecule has 0 fully saturated rings. The lowest BCUT2D eigenvalue weighted by molar-refractivity contribution is -0.136. The Bertz CT molecular complexity index is 1540. The van der Waals surface area contributed by atoms with Crippen molar-refractivity contribution in [3.8, 4) is 5.69 Å². The van der Waals surface area contributed by atoms with Gasteiger partial charge in [0, 0.05) is 60.4 Å². The summed E-state index contributed by atoms with van der Waals surface area (Å²) in [4.78, 5) is 40.3. The topological polar surface area (TPSA) is 116 Å². The first-order valence-corrected chi connectivity index (χ1v) is 12.3. The third-order valence-corrected chi connectivity index (χ3v) is 6.69. The SMILES string of the molecule is CC(=O)c1ccc(CC(=O)C2c3cn(C)nc3CCN2C(=O)/C=C/c2cc(Cl)ccc2-n2cnnn2)cc1. The van der Waals surface area contributed by atoms with Crippen molar-refractivity contribution in [2.45, 2.75) is 25.8 Å². The number of carbonyl (C=O) groups excluding carboxylic acids is 3. The van der Waals surface area contributed by atoms with Gasteiger partial charge >= 0.3 is 0 Å². The monoisotopic (exact) mass is 529 g/mol. The highest BCUT2D eigenvalue weighted by atomic mass is 35.5. The molecule has 192 valence electrons. The van der Waals surface area contributed by atoms with Crippen molar-refractivity contribution < 1.29 is 14.4 Å². The van der Waals surface area contributed by atoms with Crippen LogP contribution in [0.4, 0.5) is 0 Å². The molecule has 1 aliphatic rings. The molecule has 2 aromatic heterocycles. The molecule has 38 heavy (non-hydrogen) atoms. The first kappa shape index (κ1) is 25.2. The molecule has 0 spiro atoms. The van der Waals surface area contributed by atoms with Crippen LogP contribution in [0.1, 0.15) is 45.7 Å². The molecule has 1 unspecified atom stereocenters. The number of carbonyl (C=O) groups is 3. The molecule has 5 rings (SSSR count). The number of rotatable bonds is 7. The Morgan fingerprint density at radius 2 is 1.92 bits per heavy atom. The number of hydrogen-bond donors (Lipinski definition) is 0. The van der Waals surface area contributed by atoms with Crippen molar-refractivity contribution in [1.82, 2.24) is 34.9 Å². The Morgan fingerprint density at radius 1 is 1.13 bits per heavy atom. The van der Waals surface area contributed by atoms with Crippen LogP contribution in [0.25, 0.3) is 11.8 Å². The number of Topliss-reactive ketones (excluding diaryl/α,β-unsaturated/α-hetero) is 2. The fourth-order valence-electron chi connectivity index (χ4n) is 4.63. The average molecular weight is 530 g/mol. The van der Waals surface area contributed by atoms with Crippen LogP contribution in [-0.2, 0) is 29.5 Å². The van der Waals surface area contributed by atoms with Gasteiger partial charge in [0.05, 0.1) is 11.4 Å². The molecular weight excluding hydrogens is 506 g/mol. The van der Waals surface area contributed by atoms with E-state index in [0.717, 1.165) is 16.8 Å². The van der Waals surface area contributed by atoms with Crippen LogP contribution in [0.5, 0.6) is 0 Å². The molecular formula is C27H24ClN7O3. The number of aryl methyl sites for hydroxylation is 1. The molecule has 1 amide bonds. The maximum absolute atomic E-state index is 13.6. The van der Waals surface area contributed by atoms with Gasteiger partial charge in [-0.1, -0.05) is 35.9 Å². The Balaban J connectivity index is 1.43. The van der Waals surface area contributed by atoms with E-state index in [2.05, 4.69) is 20.6 Å². The third kappa shape index (κ3) is 5.16. The number of fused-ring (bicyclic) bond motifs is 1. The van der Waals surface area contributed by atoms with E-state index < -0.39 is 6.04 Å². The third-order valence-electron chi connectivity index (χ3n) is 6.45. The lowest BCUT2D eigenvalue weighted by atomic mass is 9.92. The zero-order valence-electron chi connectivity index (χ0n) is 20.8. The zero-order valence-corrected chi connectivity index (χ0v) is 21.5. The van der Waals surface area contributed by atoms with E-state index in [0.29, 0.717) is 34.8 Å². The van der Waals surface area contributed by atoms with Crippen LogP contribution < -0.4 is 0 Å². The highest BCUT2D eigenvalue weighted by molar-refractivity contribution is 6.30. The molecule has 0 bridgehead atoms. The Morgan fingerprint density at radius 3 is 2.63 bits per heavy atom. The van der Waals surface area contributed by atoms with E-state index in [1.165, 1.54) is 24.0 Å². The standard InChI is InChI=1S/C27H24ClN7O3/c1-17(36)19-5-3-18(4-6-19)13-25(37)27-22-15-33(2)30-23(22)11-12-34(27)26(38)10-7-20-14-21(28)8-9-24(20)35-16-29-31-32-35/h3-10,14-16,27H,11-13H2,1-2H3/b10-7+. The molecule has 2 aromatic carbocycles. The Hall–Kier alpha value is -4.44. The summed E-state index contributed by atoms with van der Waals surface area (Å²) in [7, 11) is 1.80. The fraction of sp³-hybridized carbons (Fsp3) is 0.222. The average Bonchev–Trinajstić information content (AvgIpc) is 3.56. The van der Waals surface area contributed by atoms with Gasteiger partial charge in [0.2, 0.25) is 5.91 Å². The van der Waals surface area contributed by atoms with Gasteiger partial charge < -0.3 is 4.90 Å². The summed E-state index contributed by atoms with van der Waals surface area (Å²) in [6.45, 7) is 1.85. The van der Waals surface area contributed by atoms with Crippen LogP contribution in [0, 0.1) is 0 Å². The maximum atomic E-state index is 13.6. The van der Waals surface area contributed by atoms with E-state index in [1.807, 2.05) is 0 Å². The van der Waals surface area contributed by atoms with Crippen LogP contribution in [-0.4, -0.2) is 58.9 Å². The minimum atomic E-state index is -0.782. The molecule has 0 aliphatic carbocycles. The summed E-state index contributed by atoms with van der Waals surface area (Å²) in [5.41, 5.74) is 4.18. The summed E-state index contributed by atoms with van der Waals surface area (Å²) in [5.74, 6) is -0.484. The summed E-state index contributed by atoms with van der Waals surface area (Å²) >= 11 is 6.21. The van der Waals surface area contributed by atoms with E-state index in [4.69, 9.17) is 11.6 Å². The fourth-order valence-corrected chi connectivity index (χ4v) is 4.82. The number of aromatic nitrogens is 6. The molecule has 4 aromatic rings. The highest BCUT2D eigenvalue weighted by Crippen LogP contribution is 2.31. The van der Waals surface area contributed by atoms with E-state index in [9.17, 15) is 14.4 Å². The number of halogens is 1. The second kappa shape index (κ2) is 10.5. The molecule has 0 radical (unpaired) electrons. The predicted molar refractivity (Wildman–Crippen MR) is 140 cm³/mol. The van der Waals surface area contributed by atoms with Crippen LogP contribution in [0.3, 0.4) is 0 Å². The molecule has 1 aliphatic heterocycles. The maximum Gasteiger partial charge on any atom is 0.247 e. The second-order valence-electron chi connectivity index (χ2n) is 9.08. The van der Waals surface area contributed by atoms with Gasteiger partial charge in [0.15, 0.2) is 11.6 Å². The minimum Gasteiger partial charge on any atom is -0.324 e. The lowest BCUT2D eigenvalue weighted by Gasteiger charge is -2.33. The van der Waals surface area contributed by atoms with Gasteiger partial charge in [-0.25, -0.2) is 0 Å². The van der Waals surface area contributed by atoms with Gasteiger partial charge in [-0.3, -0.25) is 19.1 Å². The normalized spacial score (nSPS) is 15.0. The van der Waals surface area contributed by atoms with Gasteiger partial charge in [0.25, 0.3) is 0 Å². The lowest BCUT2D eigenvalue weighted by Crippen LogP contribution is -2.43. The van der Waals surface area contributed by atoms with E-state index in [1.54, 1.807) is 71.4 Å². The summed E-state index contributed by atoms with van der Waals surface area (Å²) < 4.78 is 3.15. The molecule has 11 heteroatoms. The number of hydrogen-bond acceptors (Lipinski definition) is 7. The molecule has 0 saturated heterocycles. The number of tetrazole rings is 1. The van der Waals surface area contributed by atoms with Gasteiger partial charge in [-0.05, 0) is 47.2 Å². The van der Waals surface area contributed by atoms with E-state index in [-0.39, 0.29) is 23.9 Å². The van der Waals surface area contributed by atoms with Crippen molar-refractivity contribution in [2.75, 3.05) is 6.54 Å². The zero-order chi connectivity index (χ0) is 26.8. The smallest absolute Gasteiger partial charge is 0.247 e. The van der Waals surface area contributed by atoms with E-state index >= 15 is 0 Å². The van der Waals surface area contributed by atoms with Crippen LogP contribution in [0.15, 0.2) is 61.1 Å². The summed E-state index contributed by atoms with van der Waals surface area (Å²) in [6.07, 6.45) is 6.98. The summed E-state index contributed by atoms with van der Waals surface area (Å²) in [5, 5.41) is 16.3. The molecule has 3 heterocycles. The van der Waals surface area contributed by atoms with Crippen LogP contribution in [0.2, 0.25) is 5.02 Å². The largest absolute Gasteiger partial charge is 0.324 e. The van der Waals surface area contributed by atoms with Gasteiger partial charge in [0.1, 0.15) is 12.4 Å². The van der Waals surface area contributed by atoms with Crippen molar-refractivity contribution in [1.29, 1.82) is 0 Å². The van der Waals surface area contributed by atoms with Crippen molar-refractivity contribution in [3.63, 3.8) is 0 Å². The molecule has 0 saturated carbocycles. The van der Waals surface area contributed by atoms with Gasteiger partial charge in [-0.15, -0.1) is 5.10 Å². The summed E-state index contributed by atoms with van der Waals surface area (Å²) in [6, 6.07) is 11.4. The second-order valence-corrected chi connectivity index (χ2v) is 9.51. The molecule has 10 nitrogen and oxygen atoms in total. The van der Waals surface area contributed by atoms with Gasteiger partial charge in [-0.2, -0.15) is 9.78 Å². The minimum absolute atomic E-state index is 0.0401. The number of amides is 1.